The second-order valence-corrected chi connectivity index (χ2v) is 5.58. The summed E-state index contributed by atoms with van der Waals surface area (Å²) >= 11 is 0. The van der Waals surface area contributed by atoms with Crippen LogP contribution >= 0.6 is 0 Å². The van der Waals surface area contributed by atoms with Crippen LogP contribution in [-0.2, 0) is 4.79 Å². The molecule has 5 nitrogen and oxygen atoms in total. The number of nitrogens with zero attached hydrogens (tertiary/aromatic N) is 2. The molecular formula is C13H22N4O. The molecule has 2 rings (SSSR count). The highest BCUT2D eigenvalue weighted by atomic mass is 16.1. The molecule has 1 fully saturated rings. The predicted molar refractivity (Wildman–Crippen MR) is 70.0 cm³/mol. The molecule has 2 atom stereocenters. The van der Waals surface area contributed by atoms with Gasteiger partial charge >= 0.3 is 0 Å². The molecule has 1 saturated carbocycles. The van der Waals surface area contributed by atoms with E-state index in [1.807, 2.05) is 37.7 Å². The lowest BCUT2D eigenvalue weighted by molar-refractivity contribution is -0.124. The molecule has 5 heteroatoms. The van der Waals surface area contributed by atoms with Crippen molar-refractivity contribution in [2.75, 3.05) is 0 Å². The molecule has 1 aliphatic rings. The second kappa shape index (κ2) is 4.72. The molecule has 0 spiro atoms. The van der Waals surface area contributed by atoms with E-state index < -0.39 is 5.54 Å². The Hall–Kier alpha value is -1.36. The zero-order chi connectivity index (χ0) is 13.3. The summed E-state index contributed by atoms with van der Waals surface area (Å²) < 4.78 is 1.96. The number of primary amides is 1. The van der Waals surface area contributed by atoms with Gasteiger partial charge in [0.05, 0.1) is 17.3 Å². The number of nitrogens with two attached hydrogens (primary N) is 1. The van der Waals surface area contributed by atoms with Crippen LogP contribution in [0.4, 0.5) is 0 Å². The first-order chi connectivity index (χ1) is 8.43. The topological polar surface area (TPSA) is 72.9 Å². The van der Waals surface area contributed by atoms with E-state index >= 15 is 0 Å². The highest BCUT2D eigenvalue weighted by Gasteiger charge is 2.45. The zero-order valence-corrected chi connectivity index (χ0v) is 11.3. The fourth-order valence-corrected chi connectivity index (χ4v) is 2.86. The van der Waals surface area contributed by atoms with Gasteiger partial charge in [0.1, 0.15) is 0 Å². The van der Waals surface area contributed by atoms with Gasteiger partial charge < -0.3 is 11.1 Å². The molecule has 1 heterocycles. The first-order valence-corrected chi connectivity index (χ1v) is 6.52. The van der Waals surface area contributed by atoms with Gasteiger partial charge in [-0.3, -0.25) is 9.48 Å². The summed E-state index contributed by atoms with van der Waals surface area (Å²) in [5.74, 6) is -0.248. The third kappa shape index (κ3) is 2.41. The number of nitrogens with one attached hydrogen (secondary N) is 1. The summed E-state index contributed by atoms with van der Waals surface area (Å²) in [5.41, 5.74) is 6.03. The van der Waals surface area contributed by atoms with Gasteiger partial charge in [0.15, 0.2) is 0 Å². The molecule has 0 saturated heterocycles. The SMILES string of the molecule is Cc1ccn(C2CCC(NC(C)C)(C(N)=O)C2)n1. The summed E-state index contributed by atoms with van der Waals surface area (Å²) in [6.45, 7) is 6.05. The van der Waals surface area contributed by atoms with Crippen molar-refractivity contribution in [3.63, 3.8) is 0 Å². The fraction of sp³-hybridized carbons (Fsp3) is 0.692. The minimum absolute atomic E-state index is 0.246. The van der Waals surface area contributed by atoms with E-state index in [9.17, 15) is 4.79 Å². The Morgan fingerprint density at radius 1 is 1.67 bits per heavy atom. The number of hydrogen-bond acceptors (Lipinski definition) is 3. The summed E-state index contributed by atoms with van der Waals surface area (Å²) in [6, 6.07) is 2.49. The standard InChI is InChI=1S/C13H22N4O/c1-9(2)15-13(12(14)18)6-4-11(8-13)17-7-5-10(3)16-17/h5,7,9,11,15H,4,6,8H2,1-3H3,(H2,14,18). The maximum absolute atomic E-state index is 11.8. The lowest BCUT2D eigenvalue weighted by Gasteiger charge is -2.29. The van der Waals surface area contributed by atoms with E-state index in [1.165, 1.54) is 0 Å². The summed E-state index contributed by atoms with van der Waals surface area (Å²) in [5, 5.41) is 7.78. The first-order valence-electron chi connectivity index (χ1n) is 6.52. The Morgan fingerprint density at radius 2 is 2.39 bits per heavy atom. The van der Waals surface area contributed by atoms with Crippen molar-refractivity contribution in [1.82, 2.24) is 15.1 Å². The lowest BCUT2D eigenvalue weighted by atomic mass is 9.95. The molecular weight excluding hydrogens is 228 g/mol. The van der Waals surface area contributed by atoms with Crippen LogP contribution in [0.3, 0.4) is 0 Å². The summed E-state index contributed by atoms with van der Waals surface area (Å²) in [6.07, 6.45) is 4.42. The van der Waals surface area contributed by atoms with Gasteiger partial charge in [0, 0.05) is 12.2 Å². The van der Waals surface area contributed by atoms with Crippen LogP contribution in [0.5, 0.6) is 0 Å². The predicted octanol–water partition coefficient (Wildman–Crippen LogP) is 1.14. The highest BCUT2D eigenvalue weighted by molar-refractivity contribution is 5.85. The Morgan fingerprint density at radius 3 is 2.89 bits per heavy atom. The largest absolute Gasteiger partial charge is 0.368 e. The number of hydrogen-bond donors (Lipinski definition) is 2. The van der Waals surface area contributed by atoms with E-state index in [4.69, 9.17) is 5.73 Å². The van der Waals surface area contributed by atoms with Crippen molar-refractivity contribution in [2.45, 2.75) is 57.7 Å². The van der Waals surface area contributed by atoms with Crippen molar-refractivity contribution in [1.29, 1.82) is 0 Å². The smallest absolute Gasteiger partial charge is 0.237 e. The van der Waals surface area contributed by atoms with Gasteiger partial charge in [-0.2, -0.15) is 5.10 Å². The van der Waals surface area contributed by atoms with Crippen LogP contribution < -0.4 is 11.1 Å². The molecule has 2 unspecified atom stereocenters. The average Bonchev–Trinajstić information content (AvgIpc) is 2.84. The Bertz CT molecular complexity index is 440. The molecule has 0 aromatic carbocycles. The Kier molecular flexibility index (Phi) is 3.43. The number of aryl methyl sites for hydroxylation is 1. The van der Waals surface area contributed by atoms with E-state index in [1.54, 1.807) is 0 Å². The fourth-order valence-electron chi connectivity index (χ4n) is 2.86. The number of carbonyl (C=O) groups is 1. The molecule has 100 valence electrons. The van der Waals surface area contributed by atoms with Gasteiger partial charge in [-0.25, -0.2) is 0 Å². The van der Waals surface area contributed by atoms with Crippen molar-refractivity contribution >= 4 is 5.91 Å². The number of carbonyl (C=O) groups excluding carboxylic acids is 1. The van der Waals surface area contributed by atoms with Crippen molar-refractivity contribution < 1.29 is 4.79 Å². The van der Waals surface area contributed by atoms with Gasteiger partial charge in [0.2, 0.25) is 5.91 Å². The molecule has 0 bridgehead atoms. The average molecular weight is 250 g/mol. The summed E-state index contributed by atoms with van der Waals surface area (Å²) in [4.78, 5) is 11.8. The maximum Gasteiger partial charge on any atom is 0.237 e. The van der Waals surface area contributed by atoms with Crippen LogP contribution in [-0.4, -0.2) is 27.3 Å². The Labute approximate surface area is 108 Å². The number of rotatable bonds is 4. The quantitative estimate of drug-likeness (QED) is 0.841. The van der Waals surface area contributed by atoms with Gasteiger partial charge in [-0.15, -0.1) is 0 Å². The molecule has 1 amide bonds. The van der Waals surface area contributed by atoms with Gasteiger partial charge in [0.25, 0.3) is 0 Å². The number of amides is 1. The minimum Gasteiger partial charge on any atom is -0.368 e. The third-order valence-electron chi connectivity index (χ3n) is 3.64. The number of aromatic nitrogens is 2. The molecule has 18 heavy (non-hydrogen) atoms. The van der Waals surface area contributed by atoms with Crippen LogP contribution in [0, 0.1) is 6.92 Å². The van der Waals surface area contributed by atoms with E-state index in [0.29, 0.717) is 0 Å². The van der Waals surface area contributed by atoms with E-state index in [2.05, 4.69) is 10.4 Å². The van der Waals surface area contributed by atoms with Crippen LogP contribution in [0.2, 0.25) is 0 Å². The second-order valence-electron chi connectivity index (χ2n) is 5.58. The van der Waals surface area contributed by atoms with Crippen LogP contribution in [0.15, 0.2) is 12.3 Å². The highest BCUT2D eigenvalue weighted by Crippen LogP contribution is 2.37. The molecule has 3 N–H and O–H groups in total. The van der Waals surface area contributed by atoms with E-state index in [0.717, 1.165) is 25.0 Å². The Balaban J connectivity index is 2.15. The minimum atomic E-state index is -0.571. The van der Waals surface area contributed by atoms with Gasteiger partial charge in [-0.1, -0.05) is 0 Å². The summed E-state index contributed by atoms with van der Waals surface area (Å²) in [7, 11) is 0. The molecule has 1 aromatic heterocycles. The van der Waals surface area contributed by atoms with Crippen LogP contribution in [0.1, 0.15) is 44.8 Å². The van der Waals surface area contributed by atoms with E-state index in [-0.39, 0.29) is 18.0 Å². The zero-order valence-electron chi connectivity index (χ0n) is 11.3. The van der Waals surface area contributed by atoms with Crippen molar-refractivity contribution in [3.05, 3.63) is 18.0 Å². The maximum atomic E-state index is 11.8. The third-order valence-corrected chi connectivity index (χ3v) is 3.64. The molecule has 0 radical (unpaired) electrons. The molecule has 1 aliphatic carbocycles. The monoisotopic (exact) mass is 250 g/mol. The molecule has 1 aromatic rings. The normalized spacial score (nSPS) is 27.9. The molecule has 0 aliphatic heterocycles. The van der Waals surface area contributed by atoms with Crippen molar-refractivity contribution in [3.8, 4) is 0 Å². The first kappa shape index (κ1) is 13.1. The van der Waals surface area contributed by atoms with Crippen LogP contribution in [0.25, 0.3) is 0 Å². The van der Waals surface area contributed by atoms with Gasteiger partial charge in [-0.05, 0) is 46.1 Å². The lowest BCUT2D eigenvalue weighted by Crippen LogP contribution is -2.56. The van der Waals surface area contributed by atoms with Crippen molar-refractivity contribution in [2.24, 2.45) is 5.73 Å².